The fraction of sp³-hybridized carbons (Fsp3) is 0.263. The maximum Gasteiger partial charge on any atom is 0.261 e. The molecule has 0 saturated heterocycles. The van der Waals surface area contributed by atoms with Gasteiger partial charge in [0.15, 0.2) is 0 Å². The maximum atomic E-state index is 12.0. The van der Waals surface area contributed by atoms with E-state index >= 15 is 0 Å². The SMILES string of the molecule is CCc1ccccc1NC(=O)CNC(=O)CNC(=O)CNC(=O)c1cccs1. The number of carbonyl (C=O) groups excluding carboxylic acids is 4. The molecular weight excluding hydrogens is 380 g/mol. The van der Waals surface area contributed by atoms with Crippen LogP contribution in [0.25, 0.3) is 0 Å². The van der Waals surface area contributed by atoms with Gasteiger partial charge in [0.2, 0.25) is 17.7 Å². The Balaban J connectivity index is 1.64. The zero-order chi connectivity index (χ0) is 20.4. The number of hydrogen-bond donors (Lipinski definition) is 4. The molecule has 148 valence electrons. The number of aryl methyl sites for hydroxylation is 1. The number of hydrogen-bond acceptors (Lipinski definition) is 5. The molecule has 8 nitrogen and oxygen atoms in total. The van der Waals surface area contributed by atoms with E-state index in [2.05, 4.69) is 21.3 Å². The predicted octanol–water partition coefficient (Wildman–Crippen LogP) is 0.911. The van der Waals surface area contributed by atoms with E-state index in [0.717, 1.165) is 12.0 Å². The van der Waals surface area contributed by atoms with E-state index in [1.54, 1.807) is 23.6 Å². The molecule has 0 aliphatic heterocycles. The number of rotatable bonds is 9. The number of thiophene rings is 1. The lowest BCUT2D eigenvalue weighted by molar-refractivity contribution is -0.126. The first-order valence-corrected chi connectivity index (χ1v) is 9.60. The number of nitrogens with one attached hydrogen (secondary N) is 4. The average Bonchev–Trinajstić information content (AvgIpc) is 3.24. The topological polar surface area (TPSA) is 116 Å². The molecule has 0 spiro atoms. The van der Waals surface area contributed by atoms with Gasteiger partial charge >= 0.3 is 0 Å². The molecular formula is C19H22N4O4S. The Morgan fingerprint density at radius 1 is 0.821 bits per heavy atom. The lowest BCUT2D eigenvalue weighted by Crippen LogP contribution is -2.43. The predicted molar refractivity (Wildman–Crippen MR) is 107 cm³/mol. The minimum atomic E-state index is -0.503. The minimum absolute atomic E-state index is 0.206. The van der Waals surface area contributed by atoms with E-state index in [1.165, 1.54) is 11.3 Å². The summed E-state index contributed by atoms with van der Waals surface area (Å²) in [6.07, 6.45) is 0.776. The van der Waals surface area contributed by atoms with E-state index < -0.39 is 11.8 Å². The molecule has 0 atom stereocenters. The molecule has 0 saturated carbocycles. The van der Waals surface area contributed by atoms with Crippen LogP contribution in [0, 0.1) is 0 Å². The van der Waals surface area contributed by atoms with E-state index in [4.69, 9.17) is 0 Å². The van der Waals surface area contributed by atoms with Crippen LogP contribution in [-0.2, 0) is 20.8 Å². The number of carbonyl (C=O) groups is 4. The summed E-state index contributed by atoms with van der Waals surface area (Å²) in [5.74, 6) is -1.71. The molecule has 1 heterocycles. The van der Waals surface area contributed by atoms with Crippen LogP contribution in [0.5, 0.6) is 0 Å². The smallest absolute Gasteiger partial charge is 0.261 e. The van der Waals surface area contributed by atoms with Gasteiger partial charge in [-0.25, -0.2) is 0 Å². The first-order chi connectivity index (χ1) is 13.5. The van der Waals surface area contributed by atoms with Crippen molar-refractivity contribution in [2.75, 3.05) is 25.0 Å². The third kappa shape index (κ3) is 6.84. The van der Waals surface area contributed by atoms with Crippen LogP contribution in [0.1, 0.15) is 22.2 Å². The highest BCUT2D eigenvalue weighted by atomic mass is 32.1. The lowest BCUT2D eigenvalue weighted by atomic mass is 10.1. The third-order valence-corrected chi connectivity index (χ3v) is 4.59. The highest BCUT2D eigenvalue weighted by Crippen LogP contribution is 2.14. The summed E-state index contributed by atoms with van der Waals surface area (Å²) < 4.78 is 0. The van der Waals surface area contributed by atoms with Crippen LogP contribution < -0.4 is 21.3 Å². The summed E-state index contributed by atoms with van der Waals surface area (Å²) in [5.41, 5.74) is 1.71. The van der Waals surface area contributed by atoms with Crippen molar-refractivity contribution < 1.29 is 19.2 Å². The molecule has 0 aliphatic carbocycles. The molecule has 4 N–H and O–H groups in total. The zero-order valence-corrected chi connectivity index (χ0v) is 16.2. The number of benzene rings is 1. The monoisotopic (exact) mass is 402 g/mol. The fourth-order valence-electron chi connectivity index (χ4n) is 2.28. The van der Waals surface area contributed by atoms with Gasteiger partial charge in [0.05, 0.1) is 24.5 Å². The van der Waals surface area contributed by atoms with Gasteiger partial charge in [-0.3, -0.25) is 19.2 Å². The molecule has 0 radical (unpaired) electrons. The van der Waals surface area contributed by atoms with Crippen molar-refractivity contribution in [3.8, 4) is 0 Å². The molecule has 4 amide bonds. The molecule has 0 aliphatic rings. The molecule has 0 fully saturated rings. The summed E-state index contributed by atoms with van der Waals surface area (Å²) in [4.78, 5) is 47.6. The van der Waals surface area contributed by atoms with Gasteiger partial charge in [0.25, 0.3) is 5.91 Å². The zero-order valence-electron chi connectivity index (χ0n) is 15.4. The Morgan fingerprint density at radius 3 is 2.11 bits per heavy atom. The van der Waals surface area contributed by atoms with E-state index in [9.17, 15) is 19.2 Å². The van der Waals surface area contributed by atoms with Crippen molar-refractivity contribution >= 4 is 40.7 Å². The van der Waals surface area contributed by atoms with Gasteiger partial charge in [-0.15, -0.1) is 11.3 Å². The highest BCUT2D eigenvalue weighted by Gasteiger charge is 2.11. The van der Waals surface area contributed by atoms with Crippen LogP contribution >= 0.6 is 11.3 Å². The second-order valence-corrected chi connectivity index (χ2v) is 6.72. The van der Waals surface area contributed by atoms with E-state index in [-0.39, 0.29) is 31.4 Å². The van der Waals surface area contributed by atoms with Crippen molar-refractivity contribution in [3.63, 3.8) is 0 Å². The van der Waals surface area contributed by atoms with Gasteiger partial charge in [-0.05, 0) is 29.5 Å². The molecule has 2 rings (SSSR count). The molecule has 9 heteroatoms. The average molecular weight is 402 g/mol. The molecule has 1 aromatic carbocycles. The number of para-hydroxylation sites is 1. The Hall–Kier alpha value is -3.20. The molecule has 0 bridgehead atoms. The third-order valence-electron chi connectivity index (χ3n) is 3.72. The van der Waals surface area contributed by atoms with Crippen LogP contribution in [0.15, 0.2) is 41.8 Å². The summed E-state index contributed by atoms with van der Waals surface area (Å²) in [6.45, 7) is 1.25. The van der Waals surface area contributed by atoms with Crippen molar-refractivity contribution in [1.29, 1.82) is 0 Å². The quantitative estimate of drug-likeness (QED) is 0.499. The van der Waals surface area contributed by atoms with Crippen LogP contribution in [0.2, 0.25) is 0 Å². The van der Waals surface area contributed by atoms with Crippen molar-refractivity contribution in [1.82, 2.24) is 16.0 Å². The molecule has 0 unspecified atom stereocenters. The number of anilines is 1. The standard InChI is InChI=1S/C19H22N4O4S/c1-2-13-6-3-4-7-14(13)23-18(26)12-21-16(24)10-20-17(25)11-22-19(27)15-8-5-9-28-15/h3-9H,2,10-12H2,1H3,(H,20,25)(H,21,24)(H,22,27)(H,23,26). The first kappa shape index (κ1) is 21.1. The summed E-state index contributed by atoms with van der Waals surface area (Å²) in [7, 11) is 0. The number of amides is 4. The van der Waals surface area contributed by atoms with Crippen molar-refractivity contribution in [2.24, 2.45) is 0 Å². The van der Waals surface area contributed by atoms with Gasteiger partial charge < -0.3 is 21.3 Å². The van der Waals surface area contributed by atoms with E-state index in [1.807, 2.05) is 25.1 Å². The second-order valence-electron chi connectivity index (χ2n) is 5.77. The van der Waals surface area contributed by atoms with Gasteiger partial charge in [-0.2, -0.15) is 0 Å². The first-order valence-electron chi connectivity index (χ1n) is 8.72. The van der Waals surface area contributed by atoms with Crippen LogP contribution in [0.4, 0.5) is 5.69 Å². The van der Waals surface area contributed by atoms with Crippen LogP contribution in [-0.4, -0.2) is 43.3 Å². The second kappa shape index (κ2) is 10.8. The van der Waals surface area contributed by atoms with Crippen LogP contribution in [0.3, 0.4) is 0 Å². The van der Waals surface area contributed by atoms with Gasteiger partial charge in [-0.1, -0.05) is 31.2 Å². The normalized spacial score (nSPS) is 10.0. The Morgan fingerprint density at radius 2 is 1.46 bits per heavy atom. The lowest BCUT2D eigenvalue weighted by Gasteiger charge is -2.10. The summed E-state index contributed by atoms with van der Waals surface area (Å²) >= 11 is 1.27. The summed E-state index contributed by atoms with van der Waals surface area (Å²) in [6, 6.07) is 10.8. The van der Waals surface area contributed by atoms with Gasteiger partial charge in [0.1, 0.15) is 0 Å². The van der Waals surface area contributed by atoms with Crippen molar-refractivity contribution in [3.05, 3.63) is 52.2 Å². The maximum absolute atomic E-state index is 12.0. The van der Waals surface area contributed by atoms with Crippen molar-refractivity contribution in [2.45, 2.75) is 13.3 Å². The highest BCUT2D eigenvalue weighted by molar-refractivity contribution is 7.12. The molecule has 28 heavy (non-hydrogen) atoms. The minimum Gasteiger partial charge on any atom is -0.346 e. The molecule has 2 aromatic rings. The largest absolute Gasteiger partial charge is 0.346 e. The molecule has 1 aromatic heterocycles. The summed E-state index contributed by atoms with van der Waals surface area (Å²) in [5, 5.41) is 11.8. The Labute approximate surface area is 166 Å². The Kier molecular flexibility index (Phi) is 8.16. The Bertz CT molecular complexity index is 836. The fourth-order valence-corrected chi connectivity index (χ4v) is 2.92. The van der Waals surface area contributed by atoms with Gasteiger partial charge in [0, 0.05) is 5.69 Å². The van der Waals surface area contributed by atoms with E-state index in [0.29, 0.717) is 10.6 Å².